The van der Waals surface area contributed by atoms with Gasteiger partial charge in [0.25, 0.3) is 5.91 Å². The summed E-state index contributed by atoms with van der Waals surface area (Å²) in [5.74, 6) is -2.42. The third-order valence-corrected chi connectivity index (χ3v) is 4.91. The van der Waals surface area contributed by atoms with Gasteiger partial charge in [0.05, 0.1) is 6.04 Å². The highest BCUT2D eigenvalue weighted by Crippen LogP contribution is 2.39. The van der Waals surface area contributed by atoms with E-state index in [2.05, 4.69) is 36.8 Å². The van der Waals surface area contributed by atoms with E-state index >= 15 is 0 Å². The summed E-state index contributed by atoms with van der Waals surface area (Å²) in [6.45, 7) is 1.33. The molecule has 5 nitrogen and oxygen atoms in total. The van der Waals surface area contributed by atoms with Gasteiger partial charge < -0.3 is 0 Å². The normalized spacial score (nSPS) is 20.5. The van der Waals surface area contributed by atoms with Crippen molar-refractivity contribution >= 4 is 55.2 Å². The predicted octanol–water partition coefficient (Wildman–Crippen LogP) is 3.47. The maximum absolute atomic E-state index is 12.5. The summed E-state index contributed by atoms with van der Waals surface area (Å²) in [5, 5.41) is 0. The van der Waals surface area contributed by atoms with Crippen molar-refractivity contribution in [3.8, 4) is 0 Å². The van der Waals surface area contributed by atoms with Crippen LogP contribution in [0.4, 0.5) is 5.82 Å². The smallest absolute Gasteiger partial charge is 0.297 e. The molecule has 0 N–H and O–H groups in total. The van der Waals surface area contributed by atoms with Gasteiger partial charge in [-0.15, -0.1) is 0 Å². The highest BCUT2D eigenvalue weighted by atomic mass is 79.9. The zero-order valence-corrected chi connectivity index (χ0v) is 15.7. The molecule has 24 heavy (non-hydrogen) atoms. The molecule has 1 aliphatic rings. The molecular weight excluding hydrogens is 440 g/mol. The van der Waals surface area contributed by atoms with E-state index in [0.717, 1.165) is 8.95 Å². The number of nitrogens with zero attached hydrogens (tertiary/aromatic N) is 2. The van der Waals surface area contributed by atoms with Crippen LogP contribution in [0.5, 0.6) is 0 Å². The number of ketones is 2. The number of amides is 1. The number of pyridine rings is 1. The minimum absolute atomic E-state index is 0.333. The molecule has 1 aliphatic heterocycles. The molecule has 122 valence electrons. The summed E-state index contributed by atoms with van der Waals surface area (Å²) in [6.07, 6.45) is 1.55. The van der Waals surface area contributed by atoms with E-state index < -0.39 is 23.7 Å². The molecule has 2 unspecified atom stereocenters. The molecule has 0 radical (unpaired) electrons. The van der Waals surface area contributed by atoms with Gasteiger partial charge in [0, 0.05) is 15.1 Å². The van der Waals surface area contributed by atoms with Crippen LogP contribution in [0.25, 0.3) is 0 Å². The van der Waals surface area contributed by atoms with Gasteiger partial charge in [0.2, 0.25) is 5.78 Å². The zero-order chi connectivity index (χ0) is 17.4. The molecule has 0 aliphatic carbocycles. The largest absolute Gasteiger partial charge is 0.299 e. The molecule has 2 heterocycles. The molecule has 1 saturated heterocycles. The van der Waals surface area contributed by atoms with Gasteiger partial charge in [-0.1, -0.05) is 28.1 Å². The number of carbonyl (C=O) groups is 3. The van der Waals surface area contributed by atoms with E-state index in [1.165, 1.54) is 11.8 Å². The lowest BCUT2D eigenvalue weighted by Gasteiger charge is -2.26. The molecule has 7 heteroatoms. The lowest BCUT2D eigenvalue weighted by molar-refractivity contribution is -0.138. The number of hydrogen-bond acceptors (Lipinski definition) is 4. The average Bonchev–Trinajstić information content (AvgIpc) is 2.81. The van der Waals surface area contributed by atoms with Crippen molar-refractivity contribution < 1.29 is 14.4 Å². The molecule has 1 amide bonds. The Hall–Kier alpha value is -1.86. The number of carbonyl (C=O) groups excluding carboxylic acids is 3. The highest BCUT2D eigenvalue weighted by molar-refractivity contribution is 9.10. The van der Waals surface area contributed by atoms with E-state index in [9.17, 15) is 14.4 Å². The summed E-state index contributed by atoms with van der Waals surface area (Å²) in [4.78, 5) is 42.5. The Labute approximate surface area is 155 Å². The first kappa shape index (κ1) is 17.0. The monoisotopic (exact) mass is 450 g/mol. The Morgan fingerprint density at radius 1 is 1.04 bits per heavy atom. The van der Waals surface area contributed by atoms with Crippen LogP contribution in [0, 0.1) is 5.92 Å². The van der Waals surface area contributed by atoms with Crippen molar-refractivity contribution in [2.75, 3.05) is 4.90 Å². The number of Topliss-reactive ketones (excluding diaryl/α,β-unsaturated/α-hetero) is 2. The van der Waals surface area contributed by atoms with E-state index in [1.807, 2.05) is 12.1 Å². The van der Waals surface area contributed by atoms with Gasteiger partial charge in [-0.3, -0.25) is 19.3 Å². The third kappa shape index (κ3) is 2.93. The standard InChI is InChI=1S/C17H12Br2N2O3/c1-9(22)14-15(10-2-4-11(18)5-3-10)21(17(24)16(14)23)13-7-6-12(19)8-20-13/h2-8,14-15H,1H3. The van der Waals surface area contributed by atoms with Crippen LogP contribution < -0.4 is 4.90 Å². The fourth-order valence-corrected chi connectivity index (χ4v) is 3.33. The van der Waals surface area contributed by atoms with Crippen molar-refractivity contribution in [1.29, 1.82) is 0 Å². The second kappa shape index (κ2) is 6.57. The van der Waals surface area contributed by atoms with Gasteiger partial charge in [0.15, 0.2) is 0 Å². The number of benzene rings is 1. The molecule has 1 aromatic carbocycles. The maximum Gasteiger partial charge on any atom is 0.297 e. The van der Waals surface area contributed by atoms with Gasteiger partial charge >= 0.3 is 0 Å². The molecule has 0 spiro atoms. The van der Waals surface area contributed by atoms with Gasteiger partial charge in [0.1, 0.15) is 17.5 Å². The first-order valence-electron chi connectivity index (χ1n) is 7.15. The highest BCUT2D eigenvalue weighted by Gasteiger charge is 2.51. The van der Waals surface area contributed by atoms with Crippen molar-refractivity contribution in [2.45, 2.75) is 13.0 Å². The van der Waals surface area contributed by atoms with Crippen molar-refractivity contribution in [3.05, 3.63) is 57.1 Å². The van der Waals surface area contributed by atoms with Crippen LogP contribution in [0.2, 0.25) is 0 Å². The molecule has 0 saturated carbocycles. The first-order chi connectivity index (χ1) is 11.4. The number of halogens is 2. The topological polar surface area (TPSA) is 67.3 Å². The molecular formula is C17H12Br2N2O3. The first-order valence-corrected chi connectivity index (χ1v) is 8.73. The van der Waals surface area contributed by atoms with Crippen molar-refractivity contribution in [2.24, 2.45) is 5.92 Å². The van der Waals surface area contributed by atoms with E-state index in [-0.39, 0.29) is 5.78 Å². The van der Waals surface area contributed by atoms with E-state index in [1.54, 1.807) is 30.5 Å². The van der Waals surface area contributed by atoms with Crippen LogP contribution in [0.3, 0.4) is 0 Å². The summed E-state index contributed by atoms with van der Waals surface area (Å²) < 4.78 is 1.63. The lowest BCUT2D eigenvalue weighted by Crippen LogP contribution is -2.30. The van der Waals surface area contributed by atoms with E-state index in [4.69, 9.17) is 0 Å². The Morgan fingerprint density at radius 2 is 1.67 bits per heavy atom. The average molecular weight is 452 g/mol. The van der Waals surface area contributed by atoms with Crippen LogP contribution in [0.15, 0.2) is 51.5 Å². The Kier molecular flexibility index (Phi) is 4.64. The van der Waals surface area contributed by atoms with E-state index in [0.29, 0.717) is 11.4 Å². The second-order valence-electron chi connectivity index (χ2n) is 5.46. The van der Waals surface area contributed by atoms with Gasteiger partial charge in [-0.2, -0.15) is 0 Å². The van der Waals surface area contributed by atoms with Gasteiger partial charge in [-0.05, 0) is 52.7 Å². The lowest BCUT2D eigenvalue weighted by atomic mass is 9.90. The molecule has 1 fully saturated rings. The molecule has 2 aromatic rings. The number of hydrogen-bond donors (Lipinski definition) is 0. The minimum atomic E-state index is -1.02. The van der Waals surface area contributed by atoms with Crippen LogP contribution >= 0.6 is 31.9 Å². The summed E-state index contributed by atoms with van der Waals surface area (Å²) in [6, 6.07) is 9.90. The number of anilines is 1. The van der Waals surface area contributed by atoms with Gasteiger partial charge in [-0.25, -0.2) is 4.98 Å². The zero-order valence-electron chi connectivity index (χ0n) is 12.6. The molecule has 0 bridgehead atoms. The number of aromatic nitrogens is 1. The summed E-state index contributed by atoms with van der Waals surface area (Å²) in [7, 11) is 0. The molecule has 2 atom stereocenters. The SMILES string of the molecule is CC(=O)C1C(=O)C(=O)N(c2ccc(Br)cn2)C1c1ccc(Br)cc1. The van der Waals surface area contributed by atoms with Crippen LogP contribution in [-0.4, -0.2) is 22.5 Å². The Morgan fingerprint density at radius 3 is 2.21 bits per heavy atom. The summed E-state index contributed by atoms with van der Waals surface area (Å²) in [5.41, 5.74) is 0.710. The van der Waals surface area contributed by atoms with Crippen LogP contribution in [-0.2, 0) is 14.4 Å². The fraction of sp³-hybridized carbons (Fsp3) is 0.176. The van der Waals surface area contributed by atoms with Crippen LogP contribution in [0.1, 0.15) is 18.5 Å². The Balaban J connectivity index is 2.14. The quantitative estimate of drug-likeness (QED) is 0.529. The maximum atomic E-state index is 12.5. The predicted molar refractivity (Wildman–Crippen MR) is 95.5 cm³/mol. The summed E-state index contributed by atoms with van der Waals surface area (Å²) >= 11 is 6.65. The second-order valence-corrected chi connectivity index (χ2v) is 7.29. The minimum Gasteiger partial charge on any atom is -0.299 e. The Bertz CT molecular complexity index is 819. The third-order valence-electron chi connectivity index (χ3n) is 3.91. The molecule has 1 aromatic heterocycles. The molecule has 3 rings (SSSR count). The van der Waals surface area contributed by atoms with Crippen molar-refractivity contribution in [3.63, 3.8) is 0 Å². The van der Waals surface area contributed by atoms with Crippen molar-refractivity contribution in [1.82, 2.24) is 4.98 Å². The fourth-order valence-electron chi connectivity index (χ4n) is 2.84. The number of rotatable bonds is 3.